The van der Waals surface area contributed by atoms with Crippen molar-refractivity contribution in [1.29, 1.82) is 0 Å². The third-order valence-corrected chi connectivity index (χ3v) is 8.07. The van der Waals surface area contributed by atoms with E-state index in [2.05, 4.69) is 94.1 Å². The van der Waals surface area contributed by atoms with Crippen LogP contribution in [0.15, 0.2) is 97.6 Å². The Kier molecular flexibility index (Phi) is 7.12. The van der Waals surface area contributed by atoms with E-state index in [-0.39, 0.29) is 0 Å². The van der Waals surface area contributed by atoms with E-state index < -0.39 is 0 Å². The van der Waals surface area contributed by atoms with Crippen molar-refractivity contribution in [2.75, 3.05) is 21.2 Å². The zero-order valence-corrected chi connectivity index (χ0v) is 25.2. The summed E-state index contributed by atoms with van der Waals surface area (Å²) in [5, 5.41) is 6.19. The fourth-order valence-electron chi connectivity index (χ4n) is 5.86. The summed E-state index contributed by atoms with van der Waals surface area (Å²) in [7, 11) is 5.83. The first-order chi connectivity index (χ1) is 21.5. The lowest BCUT2D eigenvalue weighted by Crippen LogP contribution is -2.10. The van der Waals surface area contributed by atoms with Gasteiger partial charge in [0.05, 0.1) is 30.2 Å². The molecule has 7 aromatic rings. The highest BCUT2D eigenvalue weighted by atomic mass is 16.5. The van der Waals surface area contributed by atoms with E-state index in [1.807, 2.05) is 49.1 Å². The second-order valence-electron chi connectivity index (χ2n) is 11.3. The van der Waals surface area contributed by atoms with E-state index in [0.29, 0.717) is 6.54 Å². The average molecular weight is 580 g/mol. The number of aromatic nitrogens is 6. The minimum absolute atomic E-state index is 0.615. The van der Waals surface area contributed by atoms with Crippen LogP contribution in [0.5, 0.6) is 5.75 Å². The number of aromatic amines is 1. The van der Waals surface area contributed by atoms with Crippen molar-refractivity contribution in [3.8, 4) is 39.5 Å². The zero-order valence-electron chi connectivity index (χ0n) is 25.2. The molecule has 0 spiro atoms. The highest BCUT2D eigenvalue weighted by Gasteiger charge is 2.19. The van der Waals surface area contributed by atoms with Gasteiger partial charge in [-0.05, 0) is 91.3 Å². The fraction of sp³-hybridized carbons (Fsp3) is 0.167. The molecule has 0 atom stereocenters. The van der Waals surface area contributed by atoms with Crippen LogP contribution in [0.3, 0.4) is 0 Å². The number of hydrogen-bond donors (Lipinski definition) is 1. The van der Waals surface area contributed by atoms with Crippen LogP contribution in [-0.2, 0) is 13.1 Å². The van der Waals surface area contributed by atoms with Gasteiger partial charge in [-0.2, -0.15) is 5.10 Å². The number of pyridine rings is 2. The molecule has 4 aromatic heterocycles. The average Bonchev–Trinajstić information content (AvgIpc) is 3.64. The molecule has 1 N–H and O–H groups in total. The maximum atomic E-state index is 5.37. The van der Waals surface area contributed by atoms with Crippen LogP contribution < -0.4 is 4.74 Å². The molecule has 0 fully saturated rings. The van der Waals surface area contributed by atoms with Crippen molar-refractivity contribution in [3.63, 3.8) is 0 Å². The van der Waals surface area contributed by atoms with Crippen LogP contribution in [0.1, 0.15) is 16.7 Å². The molecule has 3 aromatic carbocycles. The minimum Gasteiger partial charge on any atom is -0.497 e. The topological polar surface area (TPSA) is 84.8 Å². The summed E-state index contributed by atoms with van der Waals surface area (Å²) in [4.78, 5) is 19.6. The maximum Gasteiger partial charge on any atom is 0.159 e. The first-order valence-corrected chi connectivity index (χ1v) is 14.6. The monoisotopic (exact) mass is 579 g/mol. The van der Waals surface area contributed by atoms with Gasteiger partial charge in [0.1, 0.15) is 11.4 Å². The molecule has 0 aliphatic rings. The number of rotatable bonds is 8. The number of H-pyrrole nitrogens is 1. The molecule has 0 saturated carbocycles. The van der Waals surface area contributed by atoms with Gasteiger partial charge in [0.15, 0.2) is 5.82 Å². The summed E-state index contributed by atoms with van der Waals surface area (Å²) >= 11 is 0. The first kappa shape index (κ1) is 27.5. The Morgan fingerprint density at radius 3 is 2.39 bits per heavy atom. The van der Waals surface area contributed by atoms with Gasteiger partial charge in [-0.15, -0.1) is 0 Å². The largest absolute Gasteiger partial charge is 0.497 e. The number of nitrogens with one attached hydrogen (secondary N) is 1. The van der Waals surface area contributed by atoms with Crippen LogP contribution in [0, 0.1) is 6.92 Å². The van der Waals surface area contributed by atoms with E-state index >= 15 is 0 Å². The number of imidazole rings is 1. The van der Waals surface area contributed by atoms with Gasteiger partial charge in [-0.1, -0.05) is 30.3 Å². The molecule has 7 rings (SSSR count). The normalized spacial score (nSPS) is 11.6. The SMILES string of the molecule is COc1ccc(Cn2nc(-c3nc4c(CN(C)C)cccc4[nH]3)c3cc(-c4cncc(-c5ccncc5)c4C)ccc32)cc1. The van der Waals surface area contributed by atoms with Crippen molar-refractivity contribution in [2.45, 2.75) is 20.0 Å². The molecule has 44 heavy (non-hydrogen) atoms. The molecule has 0 unspecified atom stereocenters. The van der Waals surface area contributed by atoms with Crippen LogP contribution in [0.2, 0.25) is 0 Å². The Labute approximate surface area is 256 Å². The van der Waals surface area contributed by atoms with E-state index in [1.54, 1.807) is 7.11 Å². The molecule has 8 nitrogen and oxygen atoms in total. The number of methoxy groups -OCH3 is 1. The Morgan fingerprint density at radius 2 is 1.64 bits per heavy atom. The van der Waals surface area contributed by atoms with Crippen molar-refractivity contribution in [1.82, 2.24) is 34.6 Å². The molecule has 0 saturated heterocycles. The van der Waals surface area contributed by atoms with Gasteiger partial charge in [-0.3, -0.25) is 14.6 Å². The van der Waals surface area contributed by atoms with Crippen LogP contribution >= 0.6 is 0 Å². The number of nitrogens with zero attached hydrogens (tertiary/aromatic N) is 6. The number of para-hydroxylation sites is 1. The first-order valence-electron chi connectivity index (χ1n) is 14.6. The molecule has 0 aliphatic heterocycles. The number of fused-ring (bicyclic) bond motifs is 2. The smallest absolute Gasteiger partial charge is 0.159 e. The highest BCUT2D eigenvalue weighted by Crippen LogP contribution is 2.35. The van der Waals surface area contributed by atoms with E-state index in [9.17, 15) is 0 Å². The molecular weight excluding hydrogens is 546 g/mol. The van der Waals surface area contributed by atoms with Gasteiger partial charge in [0.2, 0.25) is 0 Å². The second-order valence-corrected chi connectivity index (χ2v) is 11.3. The Bertz CT molecular complexity index is 2090. The van der Waals surface area contributed by atoms with E-state index in [4.69, 9.17) is 14.8 Å². The molecule has 4 heterocycles. The van der Waals surface area contributed by atoms with Gasteiger partial charge >= 0.3 is 0 Å². The third-order valence-electron chi connectivity index (χ3n) is 8.07. The summed E-state index contributed by atoms with van der Waals surface area (Å²) in [6, 6.07) is 25.0. The second kappa shape index (κ2) is 11.4. The standard InChI is InChI=1S/C36H33N7O/c1-23-30(25-14-16-37-17-15-25)19-38-20-31(23)26-10-13-33-29(18-26)35(41-43(33)21-24-8-11-28(44-4)12-9-24)36-39-32-7-5-6-27(22-42(2)3)34(32)40-36/h5-20H,21-22H2,1-4H3,(H,39,40). The van der Waals surface area contributed by atoms with Crippen molar-refractivity contribution < 1.29 is 4.74 Å². The molecule has 0 aliphatic carbocycles. The molecular formula is C36H33N7O. The molecule has 0 bridgehead atoms. The summed E-state index contributed by atoms with van der Waals surface area (Å²) in [5.74, 6) is 1.58. The Balaban J connectivity index is 1.39. The quantitative estimate of drug-likeness (QED) is 0.206. The van der Waals surface area contributed by atoms with Gasteiger partial charge < -0.3 is 14.6 Å². The lowest BCUT2D eigenvalue weighted by Gasteiger charge is -2.12. The Hall–Kier alpha value is -5.34. The highest BCUT2D eigenvalue weighted by molar-refractivity contribution is 5.97. The van der Waals surface area contributed by atoms with E-state index in [1.165, 1.54) is 5.56 Å². The number of hydrogen-bond acceptors (Lipinski definition) is 6. The molecule has 218 valence electrons. The van der Waals surface area contributed by atoms with Gasteiger partial charge in [-0.25, -0.2) is 4.98 Å². The number of benzene rings is 3. The van der Waals surface area contributed by atoms with Gasteiger partial charge in [0, 0.05) is 47.8 Å². The third kappa shape index (κ3) is 5.09. The molecule has 0 radical (unpaired) electrons. The van der Waals surface area contributed by atoms with E-state index in [0.717, 1.165) is 79.1 Å². The van der Waals surface area contributed by atoms with Gasteiger partial charge in [0.25, 0.3) is 0 Å². The molecule has 8 heteroatoms. The Morgan fingerprint density at radius 1 is 0.864 bits per heavy atom. The summed E-state index contributed by atoms with van der Waals surface area (Å²) in [6.07, 6.45) is 7.49. The van der Waals surface area contributed by atoms with Crippen molar-refractivity contribution in [3.05, 3.63) is 114 Å². The molecule has 0 amide bonds. The number of ether oxygens (including phenoxy) is 1. The van der Waals surface area contributed by atoms with Crippen LogP contribution in [-0.4, -0.2) is 55.8 Å². The van der Waals surface area contributed by atoms with Crippen molar-refractivity contribution >= 4 is 21.9 Å². The van der Waals surface area contributed by atoms with Crippen LogP contribution in [0.4, 0.5) is 0 Å². The summed E-state index contributed by atoms with van der Waals surface area (Å²) in [6.45, 7) is 3.57. The van der Waals surface area contributed by atoms with Crippen LogP contribution in [0.25, 0.3) is 55.7 Å². The predicted molar refractivity (Wildman–Crippen MR) is 176 cm³/mol. The fourth-order valence-corrected chi connectivity index (χ4v) is 5.86. The summed E-state index contributed by atoms with van der Waals surface area (Å²) in [5.41, 5.74) is 11.6. The zero-order chi connectivity index (χ0) is 30.2. The minimum atomic E-state index is 0.615. The lowest BCUT2D eigenvalue weighted by atomic mass is 9.95. The predicted octanol–water partition coefficient (Wildman–Crippen LogP) is 7.13. The van der Waals surface area contributed by atoms with Crippen molar-refractivity contribution in [2.24, 2.45) is 0 Å². The maximum absolute atomic E-state index is 5.37. The lowest BCUT2D eigenvalue weighted by molar-refractivity contribution is 0.404. The summed E-state index contributed by atoms with van der Waals surface area (Å²) < 4.78 is 7.43.